The normalized spacial score (nSPS) is 14.1. The second-order valence-corrected chi connectivity index (χ2v) is 4.90. The number of imidazole rings is 1. The Bertz CT molecular complexity index is 320. The van der Waals surface area contributed by atoms with Gasteiger partial charge in [-0.3, -0.25) is 0 Å². The molecule has 1 aromatic rings. The van der Waals surface area contributed by atoms with Gasteiger partial charge < -0.3 is 14.6 Å². The lowest BCUT2D eigenvalue weighted by Crippen LogP contribution is -2.35. The summed E-state index contributed by atoms with van der Waals surface area (Å²) in [4.78, 5) is 4.27. The molecule has 1 aromatic heterocycles. The Morgan fingerprint density at radius 3 is 2.75 bits per heavy atom. The minimum atomic E-state index is -0.0753. The third kappa shape index (κ3) is 3.94. The van der Waals surface area contributed by atoms with Crippen molar-refractivity contribution in [2.45, 2.75) is 45.4 Å². The van der Waals surface area contributed by atoms with Crippen molar-refractivity contribution in [2.75, 3.05) is 7.11 Å². The van der Waals surface area contributed by atoms with Gasteiger partial charge in [-0.05, 0) is 27.2 Å². The summed E-state index contributed by atoms with van der Waals surface area (Å²) >= 11 is 0. The Morgan fingerprint density at radius 2 is 2.25 bits per heavy atom. The van der Waals surface area contributed by atoms with Crippen molar-refractivity contribution in [1.29, 1.82) is 0 Å². The van der Waals surface area contributed by atoms with Crippen LogP contribution in [0.5, 0.6) is 0 Å². The largest absolute Gasteiger partial charge is 0.379 e. The Labute approximate surface area is 98.0 Å². The molecule has 4 heteroatoms. The van der Waals surface area contributed by atoms with Gasteiger partial charge in [-0.1, -0.05) is 0 Å². The molecule has 1 unspecified atom stereocenters. The number of nitrogens with zero attached hydrogens (tertiary/aromatic N) is 2. The van der Waals surface area contributed by atoms with E-state index in [2.05, 4.69) is 31.1 Å². The molecular weight excluding hydrogens is 202 g/mol. The minimum absolute atomic E-state index is 0.0753. The first-order valence-corrected chi connectivity index (χ1v) is 5.69. The summed E-state index contributed by atoms with van der Waals surface area (Å²) in [5, 5.41) is 3.45. The molecule has 1 atom stereocenters. The van der Waals surface area contributed by atoms with Crippen molar-refractivity contribution < 1.29 is 4.74 Å². The maximum absolute atomic E-state index is 5.41. The maximum Gasteiger partial charge on any atom is 0.122 e. The van der Waals surface area contributed by atoms with E-state index in [0.29, 0.717) is 6.04 Å². The van der Waals surface area contributed by atoms with Crippen molar-refractivity contribution in [3.63, 3.8) is 0 Å². The molecule has 16 heavy (non-hydrogen) atoms. The number of aromatic nitrogens is 2. The Morgan fingerprint density at radius 1 is 1.56 bits per heavy atom. The highest BCUT2D eigenvalue weighted by Gasteiger charge is 2.19. The lowest BCUT2D eigenvalue weighted by Gasteiger charge is -2.27. The van der Waals surface area contributed by atoms with Crippen LogP contribution in [-0.4, -0.2) is 28.3 Å². The lowest BCUT2D eigenvalue weighted by molar-refractivity contribution is 0.00838. The summed E-state index contributed by atoms with van der Waals surface area (Å²) in [7, 11) is 3.76. The molecule has 0 aliphatic rings. The minimum Gasteiger partial charge on any atom is -0.379 e. The Kier molecular flexibility index (Phi) is 4.50. The van der Waals surface area contributed by atoms with Crippen molar-refractivity contribution in [3.05, 3.63) is 18.2 Å². The van der Waals surface area contributed by atoms with Crippen LogP contribution in [0, 0.1) is 0 Å². The van der Waals surface area contributed by atoms with Crippen LogP contribution in [0.3, 0.4) is 0 Å². The van der Waals surface area contributed by atoms with E-state index in [9.17, 15) is 0 Å². The third-order valence-electron chi connectivity index (χ3n) is 2.88. The zero-order valence-corrected chi connectivity index (χ0v) is 10.9. The van der Waals surface area contributed by atoms with Gasteiger partial charge in [0.2, 0.25) is 0 Å². The maximum atomic E-state index is 5.41. The molecule has 0 saturated heterocycles. The molecule has 0 amide bonds. The van der Waals surface area contributed by atoms with Crippen molar-refractivity contribution >= 4 is 0 Å². The Hall–Kier alpha value is -0.870. The smallest absolute Gasteiger partial charge is 0.122 e. The molecule has 0 saturated carbocycles. The van der Waals surface area contributed by atoms with E-state index in [-0.39, 0.29) is 5.60 Å². The number of hydrogen-bond acceptors (Lipinski definition) is 3. The summed E-state index contributed by atoms with van der Waals surface area (Å²) in [6.07, 6.45) is 4.76. The molecular formula is C12H23N3O. The van der Waals surface area contributed by atoms with E-state index in [1.165, 1.54) is 0 Å². The van der Waals surface area contributed by atoms with E-state index in [4.69, 9.17) is 4.74 Å². The Balaban J connectivity index is 2.36. The van der Waals surface area contributed by atoms with Crippen molar-refractivity contribution in [3.8, 4) is 0 Å². The van der Waals surface area contributed by atoms with Crippen LogP contribution in [0.25, 0.3) is 0 Å². The van der Waals surface area contributed by atoms with E-state index in [1.54, 1.807) is 7.11 Å². The first kappa shape index (κ1) is 13.2. The quantitative estimate of drug-likeness (QED) is 0.801. The monoisotopic (exact) mass is 225 g/mol. The molecule has 0 radical (unpaired) electrons. The van der Waals surface area contributed by atoms with Crippen molar-refractivity contribution in [1.82, 2.24) is 14.9 Å². The fourth-order valence-corrected chi connectivity index (χ4v) is 1.73. The molecule has 0 bridgehead atoms. The fraction of sp³-hybridized carbons (Fsp3) is 0.750. The highest BCUT2D eigenvalue weighted by molar-refractivity contribution is 4.91. The molecule has 1 rings (SSSR count). The highest BCUT2D eigenvalue weighted by atomic mass is 16.5. The SMILES string of the molecule is COC(C)(C)CC(C)NCc1nccn1C. The summed E-state index contributed by atoms with van der Waals surface area (Å²) in [5.74, 6) is 1.06. The van der Waals surface area contributed by atoms with E-state index in [1.807, 2.05) is 24.0 Å². The average molecular weight is 225 g/mol. The van der Waals surface area contributed by atoms with E-state index >= 15 is 0 Å². The second kappa shape index (κ2) is 5.46. The predicted octanol–water partition coefficient (Wildman–Crippen LogP) is 1.71. The number of aryl methyl sites for hydroxylation is 1. The van der Waals surface area contributed by atoms with Crippen molar-refractivity contribution in [2.24, 2.45) is 7.05 Å². The van der Waals surface area contributed by atoms with Crippen LogP contribution >= 0.6 is 0 Å². The topological polar surface area (TPSA) is 39.1 Å². The molecule has 1 heterocycles. The summed E-state index contributed by atoms with van der Waals surface area (Å²) < 4.78 is 7.44. The molecule has 0 aliphatic carbocycles. The lowest BCUT2D eigenvalue weighted by atomic mass is 10.00. The van der Waals surface area contributed by atoms with Gasteiger partial charge in [0.05, 0.1) is 12.1 Å². The van der Waals surface area contributed by atoms with Crippen LogP contribution in [0.2, 0.25) is 0 Å². The second-order valence-electron chi connectivity index (χ2n) is 4.90. The van der Waals surface area contributed by atoms with Gasteiger partial charge in [-0.15, -0.1) is 0 Å². The van der Waals surface area contributed by atoms with Gasteiger partial charge in [-0.2, -0.15) is 0 Å². The molecule has 92 valence electrons. The molecule has 0 aliphatic heterocycles. The van der Waals surface area contributed by atoms with Crippen LogP contribution < -0.4 is 5.32 Å². The molecule has 1 N–H and O–H groups in total. The van der Waals surface area contributed by atoms with Crippen LogP contribution in [-0.2, 0) is 18.3 Å². The summed E-state index contributed by atoms with van der Waals surface area (Å²) in [6, 6.07) is 0.409. The number of nitrogens with one attached hydrogen (secondary N) is 1. The first-order chi connectivity index (χ1) is 7.44. The molecule has 4 nitrogen and oxygen atoms in total. The third-order valence-corrected chi connectivity index (χ3v) is 2.88. The fourth-order valence-electron chi connectivity index (χ4n) is 1.73. The first-order valence-electron chi connectivity index (χ1n) is 5.69. The van der Waals surface area contributed by atoms with Gasteiger partial charge in [0.15, 0.2) is 0 Å². The summed E-state index contributed by atoms with van der Waals surface area (Å²) in [5.41, 5.74) is -0.0753. The molecule has 0 spiro atoms. The van der Waals surface area contributed by atoms with Gasteiger partial charge in [-0.25, -0.2) is 4.98 Å². The summed E-state index contributed by atoms with van der Waals surface area (Å²) in [6.45, 7) is 7.17. The molecule has 0 aromatic carbocycles. The number of ether oxygens (including phenoxy) is 1. The predicted molar refractivity (Wildman–Crippen MR) is 65.2 cm³/mol. The van der Waals surface area contributed by atoms with Crippen LogP contribution in [0.4, 0.5) is 0 Å². The van der Waals surface area contributed by atoms with Crippen LogP contribution in [0.15, 0.2) is 12.4 Å². The zero-order valence-electron chi connectivity index (χ0n) is 10.9. The van der Waals surface area contributed by atoms with Gasteiger partial charge in [0, 0.05) is 32.6 Å². The van der Waals surface area contributed by atoms with E-state index in [0.717, 1.165) is 18.8 Å². The van der Waals surface area contributed by atoms with Gasteiger partial charge >= 0.3 is 0 Å². The molecule has 0 fully saturated rings. The standard InChI is InChI=1S/C12H23N3O/c1-10(8-12(2,3)16-5)14-9-11-13-6-7-15(11)4/h6-7,10,14H,8-9H2,1-5H3. The number of hydrogen-bond donors (Lipinski definition) is 1. The zero-order chi connectivity index (χ0) is 12.2. The number of rotatable bonds is 6. The number of methoxy groups -OCH3 is 1. The highest BCUT2D eigenvalue weighted by Crippen LogP contribution is 2.15. The van der Waals surface area contributed by atoms with E-state index < -0.39 is 0 Å². The van der Waals surface area contributed by atoms with Gasteiger partial charge in [0.1, 0.15) is 5.82 Å². The van der Waals surface area contributed by atoms with Crippen LogP contribution in [0.1, 0.15) is 33.0 Å². The average Bonchev–Trinajstić information content (AvgIpc) is 2.60. The van der Waals surface area contributed by atoms with Gasteiger partial charge in [0.25, 0.3) is 0 Å².